The van der Waals surface area contributed by atoms with Crippen LogP contribution in [0.4, 0.5) is 0 Å². The van der Waals surface area contributed by atoms with Crippen LogP contribution in [0.5, 0.6) is 5.75 Å². The van der Waals surface area contributed by atoms with E-state index in [1.54, 1.807) is 7.11 Å². The van der Waals surface area contributed by atoms with Gasteiger partial charge in [-0.3, -0.25) is 4.79 Å². The van der Waals surface area contributed by atoms with Crippen molar-refractivity contribution in [2.45, 2.75) is 31.6 Å². The quantitative estimate of drug-likeness (QED) is 0.637. The third-order valence-electron chi connectivity index (χ3n) is 4.14. The predicted molar refractivity (Wildman–Crippen MR) is 105 cm³/mol. The highest BCUT2D eigenvalue weighted by molar-refractivity contribution is 7.99. The van der Waals surface area contributed by atoms with Crippen LogP contribution in [0.1, 0.15) is 19.4 Å². The van der Waals surface area contributed by atoms with Gasteiger partial charge in [0.2, 0.25) is 5.91 Å². The molecule has 0 fully saturated rings. The number of amides is 1. The number of nitrogens with one attached hydrogen (secondary N) is 1. The fourth-order valence-electron chi connectivity index (χ4n) is 2.71. The Hall–Kier alpha value is -2.47. The Morgan fingerprint density at radius 2 is 2.00 bits per heavy atom. The SMILES string of the molecule is COc1ccc2nc(SCC(=O)N(Cc3ccccc3)C(C)C)[nH]c2c1. The van der Waals surface area contributed by atoms with Gasteiger partial charge in [-0.1, -0.05) is 42.1 Å². The number of ether oxygens (including phenoxy) is 1. The molecule has 2 aromatic carbocycles. The maximum atomic E-state index is 12.7. The molecule has 0 spiro atoms. The number of aromatic nitrogens is 2. The Labute approximate surface area is 157 Å². The Bertz CT molecular complexity index is 877. The first-order chi connectivity index (χ1) is 12.6. The zero-order valence-corrected chi connectivity index (χ0v) is 16.0. The van der Waals surface area contributed by atoms with E-state index in [0.717, 1.165) is 27.5 Å². The Kier molecular flexibility index (Phi) is 5.83. The van der Waals surface area contributed by atoms with Gasteiger partial charge in [0, 0.05) is 18.7 Å². The second-order valence-electron chi connectivity index (χ2n) is 6.31. The summed E-state index contributed by atoms with van der Waals surface area (Å²) in [6.07, 6.45) is 0. The lowest BCUT2D eigenvalue weighted by atomic mass is 10.2. The molecule has 0 atom stereocenters. The van der Waals surface area contributed by atoms with E-state index >= 15 is 0 Å². The van der Waals surface area contributed by atoms with Gasteiger partial charge in [-0.25, -0.2) is 4.98 Å². The molecular formula is C20H23N3O2S. The predicted octanol–water partition coefficient (Wildman–Crippen LogP) is 4.10. The third-order valence-corrected chi connectivity index (χ3v) is 5.00. The summed E-state index contributed by atoms with van der Waals surface area (Å²) in [6, 6.07) is 15.9. The molecule has 0 aliphatic rings. The molecule has 0 saturated carbocycles. The number of carbonyl (C=O) groups excluding carboxylic acids is 1. The fraction of sp³-hybridized carbons (Fsp3) is 0.300. The van der Waals surface area contributed by atoms with Gasteiger partial charge in [0.05, 0.1) is 23.9 Å². The number of fused-ring (bicyclic) bond motifs is 1. The minimum atomic E-state index is 0.104. The second kappa shape index (κ2) is 8.27. The second-order valence-corrected chi connectivity index (χ2v) is 7.28. The van der Waals surface area contributed by atoms with Gasteiger partial charge in [-0.2, -0.15) is 0 Å². The number of methoxy groups -OCH3 is 1. The summed E-state index contributed by atoms with van der Waals surface area (Å²) in [5.74, 6) is 1.23. The number of thioether (sulfide) groups is 1. The minimum Gasteiger partial charge on any atom is -0.497 e. The lowest BCUT2D eigenvalue weighted by Crippen LogP contribution is -2.37. The van der Waals surface area contributed by atoms with Crippen molar-refractivity contribution in [2.24, 2.45) is 0 Å². The van der Waals surface area contributed by atoms with Crippen LogP contribution in [0.15, 0.2) is 53.7 Å². The van der Waals surface area contributed by atoms with Crippen LogP contribution in [0.2, 0.25) is 0 Å². The summed E-state index contributed by atoms with van der Waals surface area (Å²) in [4.78, 5) is 22.4. The van der Waals surface area contributed by atoms with Gasteiger partial charge in [0.15, 0.2) is 5.16 Å². The lowest BCUT2D eigenvalue weighted by Gasteiger charge is -2.26. The van der Waals surface area contributed by atoms with Crippen molar-refractivity contribution in [3.05, 3.63) is 54.1 Å². The molecule has 0 unspecified atom stereocenters. The van der Waals surface area contributed by atoms with Gasteiger partial charge in [0.25, 0.3) is 0 Å². The molecule has 1 heterocycles. The van der Waals surface area contributed by atoms with Crippen molar-refractivity contribution in [3.63, 3.8) is 0 Å². The van der Waals surface area contributed by atoms with Crippen molar-refractivity contribution in [1.29, 1.82) is 0 Å². The Balaban J connectivity index is 1.66. The minimum absolute atomic E-state index is 0.104. The first-order valence-corrected chi connectivity index (χ1v) is 9.55. The maximum absolute atomic E-state index is 12.7. The van der Waals surface area contributed by atoms with Gasteiger partial charge < -0.3 is 14.6 Å². The molecule has 0 saturated heterocycles. The number of rotatable bonds is 7. The molecule has 3 rings (SSSR count). The average molecular weight is 369 g/mol. The van der Waals surface area contributed by atoms with Crippen molar-refractivity contribution >= 4 is 28.7 Å². The van der Waals surface area contributed by atoms with Gasteiger partial charge in [-0.15, -0.1) is 0 Å². The molecule has 0 aliphatic carbocycles. The molecule has 0 bridgehead atoms. The van der Waals surface area contributed by atoms with E-state index in [4.69, 9.17) is 4.74 Å². The monoisotopic (exact) mass is 369 g/mol. The number of hydrogen-bond donors (Lipinski definition) is 1. The number of benzene rings is 2. The first-order valence-electron chi connectivity index (χ1n) is 8.57. The molecule has 136 valence electrons. The number of H-pyrrole nitrogens is 1. The summed E-state index contributed by atoms with van der Waals surface area (Å²) >= 11 is 1.43. The topological polar surface area (TPSA) is 58.2 Å². The normalized spacial score (nSPS) is 11.1. The third kappa shape index (κ3) is 4.38. The summed E-state index contributed by atoms with van der Waals surface area (Å²) in [6.45, 7) is 4.70. The molecule has 1 N–H and O–H groups in total. The smallest absolute Gasteiger partial charge is 0.233 e. The standard InChI is InChI=1S/C20H23N3O2S/c1-14(2)23(12-15-7-5-4-6-8-15)19(24)13-26-20-21-17-10-9-16(25-3)11-18(17)22-20/h4-11,14H,12-13H2,1-3H3,(H,21,22). The van der Waals surface area contributed by atoms with Crippen LogP contribution >= 0.6 is 11.8 Å². The van der Waals surface area contributed by atoms with Crippen LogP contribution in [-0.4, -0.2) is 39.7 Å². The number of aromatic amines is 1. The van der Waals surface area contributed by atoms with Crippen molar-refractivity contribution in [1.82, 2.24) is 14.9 Å². The van der Waals surface area contributed by atoms with E-state index < -0.39 is 0 Å². The number of nitrogens with zero attached hydrogens (tertiary/aromatic N) is 2. The van der Waals surface area contributed by atoms with E-state index in [0.29, 0.717) is 12.3 Å². The fourth-order valence-corrected chi connectivity index (χ4v) is 3.48. The van der Waals surface area contributed by atoms with E-state index in [-0.39, 0.29) is 11.9 Å². The molecule has 1 amide bonds. The van der Waals surface area contributed by atoms with Crippen molar-refractivity contribution < 1.29 is 9.53 Å². The largest absolute Gasteiger partial charge is 0.497 e. The Morgan fingerprint density at radius 3 is 2.69 bits per heavy atom. The highest BCUT2D eigenvalue weighted by Gasteiger charge is 2.18. The van der Waals surface area contributed by atoms with E-state index in [1.807, 2.05) is 67.3 Å². The Morgan fingerprint density at radius 1 is 1.23 bits per heavy atom. The van der Waals surface area contributed by atoms with E-state index in [1.165, 1.54) is 11.8 Å². The molecule has 3 aromatic rings. The van der Waals surface area contributed by atoms with E-state index in [2.05, 4.69) is 9.97 Å². The molecular weight excluding hydrogens is 346 g/mol. The molecule has 0 aliphatic heterocycles. The van der Waals surface area contributed by atoms with E-state index in [9.17, 15) is 4.79 Å². The molecule has 26 heavy (non-hydrogen) atoms. The van der Waals surface area contributed by atoms with Crippen molar-refractivity contribution in [2.75, 3.05) is 12.9 Å². The van der Waals surface area contributed by atoms with Crippen LogP contribution in [0.3, 0.4) is 0 Å². The molecule has 5 nitrogen and oxygen atoms in total. The first kappa shape index (κ1) is 18.3. The zero-order chi connectivity index (χ0) is 18.5. The van der Waals surface area contributed by atoms with Gasteiger partial charge in [0.1, 0.15) is 5.75 Å². The summed E-state index contributed by atoms with van der Waals surface area (Å²) in [7, 11) is 1.64. The number of imidazole rings is 1. The summed E-state index contributed by atoms with van der Waals surface area (Å²) < 4.78 is 5.23. The average Bonchev–Trinajstić information content (AvgIpc) is 3.06. The molecule has 6 heteroatoms. The van der Waals surface area contributed by atoms with Gasteiger partial charge in [-0.05, 0) is 31.5 Å². The van der Waals surface area contributed by atoms with Gasteiger partial charge >= 0.3 is 0 Å². The van der Waals surface area contributed by atoms with Crippen molar-refractivity contribution in [3.8, 4) is 5.75 Å². The maximum Gasteiger partial charge on any atom is 0.233 e. The zero-order valence-electron chi connectivity index (χ0n) is 15.2. The van der Waals surface area contributed by atoms with Crippen LogP contribution in [0.25, 0.3) is 11.0 Å². The highest BCUT2D eigenvalue weighted by atomic mass is 32.2. The summed E-state index contributed by atoms with van der Waals surface area (Å²) in [5.41, 5.74) is 2.91. The molecule has 1 aromatic heterocycles. The van der Waals surface area contributed by atoms with Crippen LogP contribution < -0.4 is 4.74 Å². The lowest BCUT2D eigenvalue weighted by molar-refractivity contribution is -0.130. The summed E-state index contributed by atoms with van der Waals surface area (Å²) in [5, 5.41) is 0.741. The molecule has 0 radical (unpaired) electrons. The number of hydrogen-bond acceptors (Lipinski definition) is 4. The number of carbonyl (C=O) groups is 1. The van der Waals surface area contributed by atoms with Crippen LogP contribution in [0, 0.1) is 0 Å². The highest BCUT2D eigenvalue weighted by Crippen LogP contribution is 2.23. The van der Waals surface area contributed by atoms with Crippen LogP contribution in [-0.2, 0) is 11.3 Å².